The molecule has 7 nitrogen and oxygen atoms in total. The SMILES string of the molecule is COC(=O)/C=C(/Nc1c(F)cccc1C(=O)O)C(=O)OC. The maximum absolute atomic E-state index is 13.7. The van der Waals surface area contributed by atoms with Gasteiger partial charge in [-0.25, -0.2) is 18.8 Å². The van der Waals surface area contributed by atoms with Crippen molar-refractivity contribution in [1.29, 1.82) is 0 Å². The molecule has 0 aliphatic carbocycles. The van der Waals surface area contributed by atoms with Crippen LogP contribution in [-0.4, -0.2) is 37.2 Å². The Morgan fingerprint density at radius 3 is 2.43 bits per heavy atom. The summed E-state index contributed by atoms with van der Waals surface area (Å²) in [6.45, 7) is 0. The molecule has 0 saturated carbocycles. The molecule has 8 heteroatoms. The van der Waals surface area contributed by atoms with Crippen molar-refractivity contribution in [3.8, 4) is 0 Å². The number of para-hydroxylation sites is 1. The predicted molar refractivity (Wildman–Crippen MR) is 69.1 cm³/mol. The summed E-state index contributed by atoms with van der Waals surface area (Å²) >= 11 is 0. The molecule has 112 valence electrons. The van der Waals surface area contributed by atoms with E-state index >= 15 is 0 Å². The maximum Gasteiger partial charge on any atom is 0.354 e. The number of carbonyl (C=O) groups excluding carboxylic acids is 2. The zero-order valence-electron chi connectivity index (χ0n) is 11.2. The first-order valence-electron chi connectivity index (χ1n) is 5.57. The van der Waals surface area contributed by atoms with Crippen LogP contribution in [-0.2, 0) is 19.1 Å². The van der Waals surface area contributed by atoms with Crippen LogP contribution >= 0.6 is 0 Å². The van der Waals surface area contributed by atoms with Gasteiger partial charge in [0.25, 0.3) is 0 Å². The minimum atomic E-state index is -1.40. The number of carboxylic acid groups (broad SMARTS) is 1. The van der Waals surface area contributed by atoms with Crippen LogP contribution < -0.4 is 5.32 Å². The molecule has 0 atom stereocenters. The van der Waals surface area contributed by atoms with Crippen LogP contribution in [0.3, 0.4) is 0 Å². The number of carboxylic acids is 1. The van der Waals surface area contributed by atoms with Gasteiger partial charge in [0.1, 0.15) is 11.5 Å². The molecule has 0 radical (unpaired) electrons. The van der Waals surface area contributed by atoms with Crippen molar-refractivity contribution in [2.45, 2.75) is 0 Å². The number of carbonyl (C=O) groups is 3. The number of benzene rings is 1. The van der Waals surface area contributed by atoms with Gasteiger partial charge in [0, 0.05) is 0 Å². The predicted octanol–water partition coefficient (Wildman–Crippen LogP) is 1.17. The Morgan fingerprint density at radius 2 is 1.90 bits per heavy atom. The molecule has 1 rings (SSSR count). The van der Waals surface area contributed by atoms with Crippen LogP contribution in [0, 0.1) is 5.82 Å². The summed E-state index contributed by atoms with van der Waals surface area (Å²) in [5.41, 5.74) is -1.34. The van der Waals surface area contributed by atoms with Crippen LogP contribution in [0.2, 0.25) is 0 Å². The van der Waals surface area contributed by atoms with E-state index in [9.17, 15) is 18.8 Å². The average Bonchev–Trinajstić information content (AvgIpc) is 2.46. The lowest BCUT2D eigenvalue weighted by Gasteiger charge is -2.12. The molecule has 1 aromatic rings. The molecule has 0 bridgehead atoms. The molecule has 0 unspecified atom stereocenters. The number of rotatable bonds is 5. The van der Waals surface area contributed by atoms with Gasteiger partial charge in [-0.05, 0) is 12.1 Å². The normalized spacial score (nSPS) is 10.7. The van der Waals surface area contributed by atoms with Crippen molar-refractivity contribution in [2.75, 3.05) is 19.5 Å². The van der Waals surface area contributed by atoms with Gasteiger partial charge in [0.05, 0.1) is 31.5 Å². The number of hydrogen-bond donors (Lipinski definition) is 2. The minimum absolute atomic E-state index is 0.408. The van der Waals surface area contributed by atoms with Gasteiger partial charge in [-0.3, -0.25) is 0 Å². The number of nitrogens with one attached hydrogen (secondary N) is 1. The second kappa shape index (κ2) is 7.04. The van der Waals surface area contributed by atoms with Crippen LogP contribution in [0.15, 0.2) is 30.0 Å². The van der Waals surface area contributed by atoms with Crippen molar-refractivity contribution in [2.24, 2.45) is 0 Å². The van der Waals surface area contributed by atoms with Gasteiger partial charge in [-0.15, -0.1) is 0 Å². The molecule has 2 N–H and O–H groups in total. The molecule has 21 heavy (non-hydrogen) atoms. The monoisotopic (exact) mass is 297 g/mol. The van der Waals surface area contributed by atoms with Gasteiger partial charge >= 0.3 is 17.9 Å². The largest absolute Gasteiger partial charge is 0.478 e. The number of aromatic carboxylic acids is 1. The third-order valence-electron chi connectivity index (χ3n) is 2.37. The van der Waals surface area contributed by atoms with Crippen molar-refractivity contribution in [1.82, 2.24) is 0 Å². The highest BCUT2D eigenvalue weighted by molar-refractivity contribution is 6.01. The van der Waals surface area contributed by atoms with Gasteiger partial charge in [-0.2, -0.15) is 0 Å². The molecule has 0 fully saturated rings. The van der Waals surface area contributed by atoms with Crippen molar-refractivity contribution in [3.05, 3.63) is 41.4 Å². The average molecular weight is 297 g/mol. The summed E-state index contributed by atoms with van der Waals surface area (Å²) in [4.78, 5) is 33.7. The van der Waals surface area contributed by atoms with E-state index in [0.717, 1.165) is 32.4 Å². The van der Waals surface area contributed by atoms with E-state index in [0.29, 0.717) is 0 Å². The standard InChI is InChI=1S/C13H12FNO6/c1-20-10(16)6-9(13(19)21-2)15-11-7(12(17)18)4-3-5-8(11)14/h3-6,15H,1-2H3,(H,17,18)/b9-6+. The van der Waals surface area contributed by atoms with Crippen LogP contribution in [0.25, 0.3) is 0 Å². The fraction of sp³-hybridized carbons (Fsp3) is 0.154. The second-order valence-corrected chi connectivity index (χ2v) is 3.67. The van der Waals surface area contributed by atoms with Crippen molar-refractivity contribution in [3.63, 3.8) is 0 Å². The lowest BCUT2D eigenvalue weighted by molar-refractivity contribution is -0.138. The molecule has 0 aliphatic rings. The molecule has 0 heterocycles. The van der Waals surface area contributed by atoms with Gasteiger partial charge < -0.3 is 19.9 Å². The first kappa shape index (κ1) is 16.2. The molecule has 0 aromatic heterocycles. The number of anilines is 1. The van der Waals surface area contributed by atoms with Crippen LogP contribution in [0.5, 0.6) is 0 Å². The molecule has 0 amide bonds. The van der Waals surface area contributed by atoms with Crippen LogP contribution in [0.1, 0.15) is 10.4 Å². The zero-order valence-corrected chi connectivity index (χ0v) is 11.2. The minimum Gasteiger partial charge on any atom is -0.478 e. The lowest BCUT2D eigenvalue weighted by atomic mass is 10.1. The third-order valence-corrected chi connectivity index (χ3v) is 2.37. The summed E-state index contributed by atoms with van der Waals surface area (Å²) in [5, 5.41) is 11.2. The van der Waals surface area contributed by atoms with Gasteiger partial charge in [0.2, 0.25) is 0 Å². The quantitative estimate of drug-likeness (QED) is 0.621. The highest BCUT2D eigenvalue weighted by Crippen LogP contribution is 2.22. The number of hydrogen-bond acceptors (Lipinski definition) is 6. The Bertz CT molecular complexity index is 611. The summed E-state index contributed by atoms with van der Waals surface area (Å²) in [6, 6.07) is 3.34. The number of methoxy groups -OCH3 is 2. The smallest absolute Gasteiger partial charge is 0.354 e. The Morgan fingerprint density at radius 1 is 1.24 bits per heavy atom. The zero-order chi connectivity index (χ0) is 16.0. The second-order valence-electron chi connectivity index (χ2n) is 3.67. The molecule has 0 spiro atoms. The van der Waals surface area contributed by atoms with Gasteiger partial charge in [-0.1, -0.05) is 6.07 Å². The lowest BCUT2D eigenvalue weighted by Crippen LogP contribution is -2.18. The maximum atomic E-state index is 13.7. The van der Waals surface area contributed by atoms with E-state index in [1.807, 2.05) is 0 Å². The Labute approximate surface area is 119 Å². The number of esters is 2. The summed E-state index contributed by atoms with van der Waals surface area (Å²) in [7, 11) is 2.13. The highest BCUT2D eigenvalue weighted by Gasteiger charge is 2.19. The number of halogens is 1. The molecule has 0 saturated heterocycles. The fourth-order valence-electron chi connectivity index (χ4n) is 1.40. The first-order valence-corrected chi connectivity index (χ1v) is 5.57. The highest BCUT2D eigenvalue weighted by atomic mass is 19.1. The third kappa shape index (κ3) is 4.03. The van der Waals surface area contributed by atoms with E-state index in [1.54, 1.807) is 0 Å². The summed E-state index contributed by atoms with van der Waals surface area (Å²) in [5.74, 6) is -4.19. The summed E-state index contributed by atoms with van der Waals surface area (Å²) < 4.78 is 22.5. The van der Waals surface area contributed by atoms with Crippen molar-refractivity contribution < 1.29 is 33.4 Å². The molecule has 1 aromatic carbocycles. The van der Waals surface area contributed by atoms with Crippen molar-refractivity contribution >= 4 is 23.6 Å². The topological polar surface area (TPSA) is 102 Å². The van der Waals surface area contributed by atoms with E-state index in [2.05, 4.69) is 14.8 Å². The first-order chi connectivity index (χ1) is 9.90. The van der Waals surface area contributed by atoms with E-state index < -0.39 is 40.7 Å². The fourth-order valence-corrected chi connectivity index (χ4v) is 1.40. The Hall–Kier alpha value is -2.90. The van der Waals surface area contributed by atoms with E-state index in [-0.39, 0.29) is 0 Å². The molecular formula is C13H12FNO6. The Balaban J connectivity index is 3.27. The van der Waals surface area contributed by atoms with E-state index in [4.69, 9.17) is 5.11 Å². The molecular weight excluding hydrogens is 285 g/mol. The van der Waals surface area contributed by atoms with Crippen LogP contribution in [0.4, 0.5) is 10.1 Å². The van der Waals surface area contributed by atoms with E-state index in [1.165, 1.54) is 6.07 Å². The summed E-state index contributed by atoms with van der Waals surface area (Å²) in [6.07, 6.45) is 0.726. The number of ether oxygens (including phenoxy) is 2. The molecule has 0 aliphatic heterocycles. The van der Waals surface area contributed by atoms with Gasteiger partial charge in [0.15, 0.2) is 0 Å². The Kier molecular flexibility index (Phi) is 5.41.